The molecule has 0 spiro atoms. The first-order valence-corrected chi connectivity index (χ1v) is 21.0. The molecule has 3 atom stereocenters. The Morgan fingerprint density at radius 2 is 1.32 bits per heavy atom. The Morgan fingerprint density at radius 1 is 0.661 bits per heavy atom. The molecule has 270 valence electrons. The zero-order valence-electron chi connectivity index (χ0n) is 31.6. The maximum Gasteiger partial charge on any atom is 0.0714 e. The van der Waals surface area contributed by atoms with E-state index in [4.69, 9.17) is 0 Å². The number of rotatable bonds is 6. The third-order valence-corrected chi connectivity index (χ3v) is 14.2. The van der Waals surface area contributed by atoms with Gasteiger partial charge in [0.05, 0.1) is 5.41 Å². The average Bonchev–Trinajstić information content (AvgIpc) is 3.79. The molecule has 7 aromatic rings. The fourth-order valence-corrected chi connectivity index (χ4v) is 11.7. The first-order valence-electron chi connectivity index (χ1n) is 20.2. The highest BCUT2D eigenvalue weighted by Gasteiger charge is 2.47. The van der Waals surface area contributed by atoms with Gasteiger partial charge in [-0.1, -0.05) is 171 Å². The Labute approximate surface area is 334 Å². The van der Waals surface area contributed by atoms with Crippen LogP contribution in [0.5, 0.6) is 0 Å². The predicted molar refractivity (Wildman–Crippen MR) is 238 cm³/mol. The van der Waals surface area contributed by atoms with E-state index in [2.05, 4.69) is 200 Å². The van der Waals surface area contributed by atoms with Gasteiger partial charge in [-0.15, -0.1) is 11.3 Å². The van der Waals surface area contributed by atoms with Crippen molar-refractivity contribution in [2.45, 2.75) is 31.6 Å². The zero-order valence-corrected chi connectivity index (χ0v) is 32.4. The molecule has 0 aliphatic heterocycles. The molecule has 0 amide bonds. The topological polar surface area (TPSA) is 3.24 Å². The molecule has 1 aromatic heterocycles. The van der Waals surface area contributed by atoms with Crippen molar-refractivity contribution in [1.29, 1.82) is 0 Å². The second kappa shape index (κ2) is 13.4. The summed E-state index contributed by atoms with van der Waals surface area (Å²) in [5, 5.41) is 1.38. The minimum absolute atomic E-state index is 0.431. The largest absolute Gasteiger partial charge is 0.314 e. The predicted octanol–water partition coefficient (Wildman–Crippen LogP) is 14.3. The molecular weight excluding hydrogens is 695 g/mol. The standard InChI is InChI=1S/C54H43NS/c1-36-33-44(34-39-17-11-12-22-45(36)39)55(42-27-25-38(26-28-42)37-15-5-2-6-16-37)43-29-31-49-48(35-43)52-50(32-30-47-46-23-13-14-24-51(46)56-53(47)52)54(49,40-18-7-3-8-19-40)41-20-9-4-10-21-41/h2-13,15-23,25-33,35-36,39,45H,14,24,34H2,1H3. The van der Waals surface area contributed by atoms with Crippen LogP contribution in [-0.2, 0) is 11.8 Å². The van der Waals surface area contributed by atoms with E-state index in [1.165, 1.54) is 82.1 Å². The van der Waals surface area contributed by atoms with Crippen molar-refractivity contribution < 1.29 is 0 Å². The number of anilines is 2. The van der Waals surface area contributed by atoms with Crippen LogP contribution < -0.4 is 4.90 Å². The van der Waals surface area contributed by atoms with Crippen LogP contribution in [0.3, 0.4) is 0 Å². The molecule has 56 heavy (non-hydrogen) atoms. The SMILES string of the molecule is CC1C=C(N(c2ccc(-c3ccccc3)cc2)c2ccc3c(c2)-c2c(ccc4c5c(sc24)CCC=C5)C3(c2ccccc2)c2ccccc2)CC2C=CC=CC12. The van der Waals surface area contributed by atoms with Crippen LogP contribution >= 0.6 is 11.3 Å². The molecule has 0 saturated heterocycles. The number of nitrogens with zero attached hydrogens (tertiary/aromatic N) is 1. The number of thiophene rings is 1. The van der Waals surface area contributed by atoms with E-state index in [1.54, 1.807) is 0 Å². The van der Waals surface area contributed by atoms with Crippen molar-refractivity contribution in [3.05, 3.63) is 220 Å². The molecule has 6 aromatic carbocycles. The molecule has 0 bridgehead atoms. The van der Waals surface area contributed by atoms with Gasteiger partial charge in [0, 0.05) is 37.6 Å². The molecule has 2 heteroatoms. The molecule has 0 saturated carbocycles. The quantitative estimate of drug-likeness (QED) is 0.164. The summed E-state index contributed by atoms with van der Waals surface area (Å²) in [5.41, 5.74) is 15.3. The Balaban J connectivity index is 1.17. The minimum Gasteiger partial charge on any atom is -0.314 e. The van der Waals surface area contributed by atoms with Crippen LogP contribution in [0.1, 0.15) is 52.5 Å². The summed E-state index contributed by atoms with van der Waals surface area (Å²) >= 11 is 2.02. The number of hydrogen-bond donors (Lipinski definition) is 0. The Bertz CT molecular complexity index is 2690. The number of allylic oxidation sites excluding steroid dienone is 7. The lowest BCUT2D eigenvalue weighted by Crippen LogP contribution is -2.30. The van der Waals surface area contributed by atoms with Gasteiger partial charge < -0.3 is 4.90 Å². The molecule has 0 N–H and O–H groups in total. The lowest BCUT2D eigenvalue weighted by Gasteiger charge is -2.39. The molecule has 0 radical (unpaired) electrons. The van der Waals surface area contributed by atoms with Gasteiger partial charge in [0.15, 0.2) is 0 Å². The second-order valence-electron chi connectivity index (χ2n) is 15.9. The normalized spacial score (nSPS) is 19.9. The zero-order chi connectivity index (χ0) is 37.2. The summed E-state index contributed by atoms with van der Waals surface area (Å²) in [7, 11) is 0. The number of benzene rings is 6. The molecule has 1 heterocycles. The monoisotopic (exact) mass is 737 g/mol. The molecule has 4 aliphatic carbocycles. The van der Waals surface area contributed by atoms with Crippen LogP contribution in [0.15, 0.2) is 188 Å². The van der Waals surface area contributed by atoms with Crippen LogP contribution in [0.2, 0.25) is 0 Å². The van der Waals surface area contributed by atoms with E-state index in [-0.39, 0.29) is 0 Å². The highest BCUT2D eigenvalue weighted by molar-refractivity contribution is 7.20. The smallest absolute Gasteiger partial charge is 0.0714 e. The Hall–Kier alpha value is -5.96. The van der Waals surface area contributed by atoms with E-state index in [1.807, 2.05) is 11.3 Å². The molecule has 0 fully saturated rings. The van der Waals surface area contributed by atoms with E-state index >= 15 is 0 Å². The number of hydrogen-bond acceptors (Lipinski definition) is 2. The van der Waals surface area contributed by atoms with Crippen molar-refractivity contribution in [3.63, 3.8) is 0 Å². The fourth-order valence-electron chi connectivity index (χ4n) is 10.4. The maximum atomic E-state index is 2.57. The highest BCUT2D eigenvalue weighted by atomic mass is 32.1. The maximum absolute atomic E-state index is 2.57. The van der Waals surface area contributed by atoms with Gasteiger partial charge in [-0.3, -0.25) is 0 Å². The molecule has 4 aliphatic rings. The van der Waals surface area contributed by atoms with Gasteiger partial charge in [0.2, 0.25) is 0 Å². The van der Waals surface area contributed by atoms with Gasteiger partial charge in [0.1, 0.15) is 0 Å². The van der Waals surface area contributed by atoms with Crippen LogP contribution in [0.4, 0.5) is 11.4 Å². The highest BCUT2D eigenvalue weighted by Crippen LogP contribution is 2.60. The first-order chi connectivity index (χ1) is 27.7. The number of fused-ring (bicyclic) bond motifs is 8. The van der Waals surface area contributed by atoms with Crippen molar-refractivity contribution in [1.82, 2.24) is 0 Å². The van der Waals surface area contributed by atoms with E-state index in [0.29, 0.717) is 17.8 Å². The second-order valence-corrected chi connectivity index (χ2v) is 17.0. The van der Waals surface area contributed by atoms with Gasteiger partial charge in [-0.2, -0.15) is 0 Å². The van der Waals surface area contributed by atoms with E-state index in [9.17, 15) is 0 Å². The molecular formula is C54H43NS. The van der Waals surface area contributed by atoms with Gasteiger partial charge in [0.25, 0.3) is 0 Å². The first kappa shape index (κ1) is 33.4. The summed E-state index contributed by atoms with van der Waals surface area (Å²) in [4.78, 5) is 4.08. The summed E-state index contributed by atoms with van der Waals surface area (Å²) in [6.07, 6.45) is 19.8. The van der Waals surface area contributed by atoms with Gasteiger partial charge in [-0.05, 0) is 106 Å². The molecule has 3 unspecified atom stereocenters. The summed E-state index contributed by atoms with van der Waals surface area (Å²) < 4.78 is 1.41. The fraction of sp³-hybridized carbons (Fsp3) is 0.148. The van der Waals surface area contributed by atoms with E-state index < -0.39 is 5.41 Å². The van der Waals surface area contributed by atoms with Crippen LogP contribution in [-0.4, -0.2) is 0 Å². The van der Waals surface area contributed by atoms with Crippen LogP contribution in [0.25, 0.3) is 38.4 Å². The number of aryl methyl sites for hydroxylation is 1. The Kier molecular flexibility index (Phi) is 7.96. The lowest BCUT2D eigenvalue weighted by molar-refractivity contribution is 0.361. The van der Waals surface area contributed by atoms with Crippen molar-refractivity contribution in [2.75, 3.05) is 4.90 Å². The summed E-state index contributed by atoms with van der Waals surface area (Å²) in [6.45, 7) is 2.40. The minimum atomic E-state index is -0.451. The molecule has 1 nitrogen and oxygen atoms in total. The van der Waals surface area contributed by atoms with E-state index in [0.717, 1.165) is 19.3 Å². The third-order valence-electron chi connectivity index (χ3n) is 12.9. The van der Waals surface area contributed by atoms with Gasteiger partial charge >= 0.3 is 0 Å². The summed E-state index contributed by atoms with van der Waals surface area (Å²) in [6, 6.07) is 54.7. The Morgan fingerprint density at radius 3 is 2.07 bits per heavy atom. The van der Waals surface area contributed by atoms with Crippen molar-refractivity contribution >= 4 is 38.9 Å². The molecule has 11 rings (SSSR count). The van der Waals surface area contributed by atoms with Crippen molar-refractivity contribution in [3.8, 4) is 22.3 Å². The summed E-state index contributed by atoms with van der Waals surface area (Å²) in [5.74, 6) is 1.44. The lowest BCUT2D eigenvalue weighted by atomic mass is 9.67. The van der Waals surface area contributed by atoms with Crippen molar-refractivity contribution in [2.24, 2.45) is 17.8 Å². The van der Waals surface area contributed by atoms with Crippen LogP contribution in [0, 0.1) is 17.8 Å². The van der Waals surface area contributed by atoms with Gasteiger partial charge in [-0.25, -0.2) is 0 Å². The average molecular weight is 738 g/mol. The third kappa shape index (κ3) is 5.12.